The summed E-state index contributed by atoms with van der Waals surface area (Å²) in [4.78, 5) is 14.2. The molecule has 24 heavy (non-hydrogen) atoms. The number of nitrogens with zero attached hydrogens (tertiary/aromatic N) is 4. The predicted octanol–water partition coefficient (Wildman–Crippen LogP) is 2.62. The van der Waals surface area contributed by atoms with E-state index in [-0.39, 0.29) is 0 Å². The monoisotopic (exact) mass is 348 g/mol. The van der Waals surface area contributed by atoms with Gasteiger partial charge in [-0.1, -0.05) is 6.92 Å². The van der Waals surface area contributed by atoms with E-state index in [2.05, 4.69) is 33.4 Å². The molecule has 132 valence electrons. The zero-order valence-corrected chi connectivity index (χ0v) is 15.5. The van der Waals surface area contributed by atoms with Gasteiger partial charge >= 0.3 is 0 Å². The molecule has 1 atom stereocenters. The van der Waals surface area contributed by atoms with Crippen molar-refractivity contribution in [1.82, 2.24) is 15.3 Å². The van der Waals surface area contributed by atoms with E-state index < -0.39 is 0 Å². The van der Waals surface area contributed by atoms with Gasteiger partial charge in [0.1, 0.15) is 11.6 Å². The number of nitrogens with one attached hydrogen (secondary N) is 2. The normalized spacial score (nSPS) is 21.5. The van der Waals surface area contributed by atoms with Crippen molar-refractivity contribution in [2.75, 3.05) is 48.3 Å². The van der Waals surface area contributed by atoms with E-state index in [0.717, 1.165) is 37.8 Å². The molecular weight excluding hydrogens is 320 g/mol. The van der Waals surface area contributed by atoms with E-state index in [4.69, 9.17) is 22.2 Å². The van der Waals surface area contributed by atoms with Gasteiger partial charge in [0.15, 0.2) is 5.11 Å². The van der Waals surface area contributed by atoms with E-state index in [1.54, 1.807) is 7.05 Å². The van der Waals surface area contributed by atoms with Crippen LogP contribution in [0, 0.1) is 5.92 Å². The maximum absolute atomic E-state index is 5.23. The van der Waals surface area contributed by atoms with Crippen LogP contribution in [-0.2, 0) is 0 Å². The molecule has 7 heteroatoms. The number of hydrogen-bond donors (Lipinski definition) is 2. The van der Waals surface area contributed by atoms with E-state index in [1.807, 2.05) is 0 Å². The molecule has 2 aliphatic rings. The topological polar surface area (TPSA) is 56.3 Å². The number of aromatic nitrogens is 2. The second-order valence-corrected chi connectivity index (χ2v) is 7.26. The van der Waals surface area contributed by atoms with Crippen molar-refractivity contribution < 1.29 is 0 Å². The Hall–Kier alpha value is -1.63. The fraction of sp³-hybridized carbons (Fsp3) is 0.706. The summed E-state index contributed by atoms with van der Waals surface area (Å²) in [5, 5.41) is 6.58. The van der Waals surface area contributed by atoms with Crippen LogP contribution in [-0.4, -0.2) is 48.3 Å². The second-order valence-electron chi connectivity index (χ2n) is 6.85. The highest BCUT2D eigenvalue weighted by Crippen LogP contribution is 2.27. The summed E-state index contributed by atoms with van der Waals surface area (Å²) in [7, 11) is 1.80. The Balaban J connectivity index is 1.87. The molecule has 2 saturated heterocycles. The second kappa shape index (κ2) is 7.96. The fourth-order valence-corrected chi connectivity index (χ4v) is 3.58. The molecule has 0 radical (unpaired) electrons. The lowest BCUT2D eigenvalue weighted by atomic mass is 10.0. The van der Waals surface area contributed by atoms with Crippen LogP contribution in [0.25, 0.3) is 0 Å². The molecule has 0 saturated carbocycles. The fourth-order valence-electron chi connectivity index (χ4n) is 3.49. The van der Waals surface area contributed by atoms with Gasteiger partial charge in [-0.3, -0.25) is 0 Å². The van der Waals surface area contributed by atoms with Crippen molar-refractivity contribution in [3.05, 3.63) is 6.07 Å². The lowest BCUT2D eigenvalue weighted by molar-refractivity contribution is 0.444. The molecule has 0 amide bonds. The molecule has 0 spiro atoms. The standard InChI is InChI=1S/C17H28N6S/c1-13-7-6-10-23(12-13)15-11-14(22-8-4-3-5-9-22)19-16(20-15)21-17(24)18-2/h11,13H,3-10,12H2,1-2H3,(H2,18,19,20,21,24)/t13-/m1/s1. The summed E-state index contributed by atoms with van der Waals surface area (Å²) in [6.45, 7) is 6.59. The number of anilines is 3. The Morgan fingerprint density at radius 1 is 1.08 bits per heavy atom. The molecule has 2 aliphatic heterocycles. The van der Waals surface area contributed by atoms with Crippen LogP contribution in [0.2, 0.25) is 0 Å². The number of rotatable bonds is 3. The van der Waals surface area contributed by atoms with Crippen LogP contribution in [0.1, 0.15) is 39.0 Å². The minimum Gasteiger partial charge on any atom is -0.365 e. The molecule has 0 bridgehead atoms. The molecule has 2 fully saturated rings. The molecule has 1 aromatic heterocycles. The maximum Gasteiger partial charge on any atom is 0.232 e. The van der Waals surface area contributed by atoms with Gasteiger partial charge in [-0.25, -0.2) is 0 Å². The van der Waals surface area contributed by atoms with Gasteiger partial charge in [0.05, 0.1) is 0 Å². The summed E-state index contributed by atoms with van der Waals surface area (Å²) >= 11 is 5.23. The molecule has 0 unspecified atom stereocenters. The number of hydrogen-bond acceptors (Lipinski definition) is 5. The third-order valence-corrected chi connectivity index (χ3v) is 5.12. The first-order valence-corrected chi connectivity index (χ1v) is 9.44. The molecule has 1 aromatic rings. The first kappa shape index (κ1) is 17.2. The van der Waals surface area contributed by atoms with Gasteiger partial charge in [-0.15, -0.1) is 0 Å². The average molecular weight is 349 g/mol. The first-order valence-electron chi connectivity index (χ1n) is 9.03. The Morgan fingerprint density at radius 3 is 2.42 bits per heavy atom. The van der Waals surface area contributed by atoms with Gasteiger partial charge in [0.25, 0.3) is 0 Å². The summed E-state index contributed by atoms with van der Waals surface area (Å²) in [6, 6.07) is 2.15. The molecule has 0 aliphatic carbocycles. The van der Waals surface area contributed by atoms with E-state index in [9.17, 15) is 0 Å². The van der Waals surface area contributed by atoms with Crippen LogP contribution in [0.15, 0.2) is 6.07 Å². The first-order chi connectivity index (χ1) is 11.7. The summed E-state index contributed by atoms with van der Waals surface area (Å²) in [5.74, 6) is 3.32. The Morgan fingerprint density at radius 2 is 1.75 bits per heavy atom. The molecule has 2 N–H and O–H groups in total. The highest BCUT2D eigenvalue weighted by atomic mass is 32.1. The highest BCUT2D eigenvalue weighted by Gasteiger charge is 2.21. The summed E-state index contributed by atoms with van der Waals surface area (Å²) < 4.78 is 0. The number of piperidine rings is 2. The van der Waals surface area contributed by atoms with Crippen molar-refractivity contribution in [2.45, 2.75) is 39.0 Å². The van der Waals surface area contributed by atoms with Crippen molar-refractivity contribution in [3.8, 4) is 0 Å². The van der Waals surface area contributed by atoms with Crippen LogP contribution < -0.4 is 20.4 Å². The third-order valence-electron chi connectivity index (χ3n) is 4.81. The Bertz CT molecular complexity index is 572. The lowest BCUT2D eigenvalue weighted by Crippen LogP contribution is -2.36. The van der Waals surface area contributed by atoms with E-state index in [0.29, 0.717) is 17.0 Å². The van der Waals surface area contributed by atoms with Crippen molar-refractivity contribution >= 4 is 34.9 Å². The van der Waals surface area contributed by atoms with Crippen LogP contribution in [0.5, 0.6) is 0 Å². The third kappa shape index (κ3) is 4.26. The molecule has 3 heterocycles. The van der Waals surface area contributed by atoms with E-state index >= 15 is 0 Å². The zero-order valence-electron chi connectivity index (χ0n) is 14.7. The molecule has 0 aromatic carbocycles. The van der Waals surface area contributed by atoms with Crippen LogP contribution in [0.4, 0.5) is 17.6 Å². The van der Waals surface area contributed by atoms with Gasteiger partial charge in [0.2, 0.25) is 5.95 Å². The van der Waals surface area contributed by atoms with Crippen LogP contribution >= 0.6 is 12.2 Å². The Kier molecular flexibility index (Phi) is 5.71. The van der Waals surface area contributed by atoms with E-state index in [1.165, 1.54) is 32.1 Å². The average Bonchev–Trinajstić information content (AvgIpc) is 2.62. The van der Waals surface area contributed by atoms with Gasteiger partial charge in [-0.05, 0) is 50.2 Å². The quantitative estimate of drug-likeness (QED) is 0.814. The minimum atomic E-state index is 0.545. The lowest BCUT2D eigenvalue weighted by Gasteiger charge is -2.33. The van der Waals surface area contributed by atoms with Gasteiger partial charge < -0.3 is 20.4 Å². The minimum absolute atomic E-state index is 0.545. The number of thiocarbonyl (C=S) groups is 1. The van der Waals surface area contributed by atoms with Crippen LogP contribution in [0.3, 0.4) is 0 Å². The molecule has 3 rings (SSSR count). The van der Waals surface area contributed by atoms with Gasteiger partial charge in [0, 0.05) is 39.3 Å². The van der Waals surface area contributed by atoms with Crippen molar-refractivity contribution in [3.63, 3.8) is 0 Å². The van der Waals surface area contributed by atoms with Crippen molar-refractivity contribution in [2.24, 2.45) is 5.92 Å². The predicted molar refractivity (Wildman–Crippen MR) is 104 cm³/mol. The molecular formula is C17H28N6S. The van der Waals surface area contributed by atoms with Crippen molar-refractivity contribution in [1.29, 1.82) is 0 Å². The van der Waals surface area contributed by atoms with Gasteiger partial charge in [-0.2, -0.15) is 9.97 Å². The maximum atomic E-state index is 5.23. The molecule has 6 nitrogen and oxygen atoms in total. The highest BCUT2D eigenvalue weighted by molar-refractivity contribution is 7.80. The zero-order chi connectivity index (χ0) is 16.9. The summed E-state index contributed by atoms with van der Waals surface area (Å²) in [6.07, 6.45) is 6.31. The summed E-state index contributed by atoms with van der Waals surface area (Å²) in [5.41, 5.74) is 0. The smallest absolute Gasteiger partial charge is 0.232 e. The Labute approximate surface area is 150 Å². The largest absolute Gasteiger partial charge is 0.365 e. The SMILES string of the molecule is CNC(=S)Nc1nc(N2CCCCC2)cc(N2CCC[C@@H](C)C2)n1.